The second kappa shape index (κ2) is 6.84. The summed E-state index contributed by atoms with van der Waals surface area (Å²) in [6.07, 6.45) is 12.9. The van der Waals surface area contributed by atoms with Crippen molar-refractivity contribution in [2.75, 3.05) is 0 Å². The Morgan fingerprint density at radius 1 is 0.903 bits per heavy atom. The van der Waals surface area contributed by atoms with E-state index >= 15 is 0 Å². The lowest BCUT2D eigenvalue weighted by Gasteiger charge is -2.67. The van der Waals surface area contributed by atoms with Gasteiger partial charge in [0, 0.05) is 0 Å². The standard InChI is InChI=1S/C28H44O3/c1-17-8-14-28(24(30)31)15-9-19-18(20(28)16-17)6-7-22-26(19,4)12-10-21-25(2,3)23(29)11-13-27(21,22)5/h6,17,19-23,29H,7-16H2,1-5H3,(H,30,31). The van der Waals surface area contributed by atoms with Gasteiger partial charge in [0.05, 0.1) is 11.5 Å². The molecule has 0 saturated heterocycles. The van der Waals surface area contributed by atoms with Crippen molar-refractivity contribution in [3.63, 3.8) is 0 Å². The zero-order valence-electron chi connectivity index (χ0n) is 20.4. The molecule has 9 atom stereocenters. The smallest absolute Gasteiger partial charge is 0.310 e. The zero-order valence-corrected chi connectivity index (χ0v) is 20.4. The molecule has 3 heteroatoms. The van der Waals surface area contributed by atoms with Gasteiger partial charge in [-0.2, -0.15) is 0 Å². The number of hydrogen-bond acceptors (Lipinski definition) is 2. The predicted octanol–water partition coefficient (Wildman–Crippen LogP) is 6.45. The Morgan fingerprint density at radius 2 is 1.58 bits per heavy atom. The number of carboxylic acid groups (broad SMARTS) is 1. The number of allylic oxidation sites excluding steroid dienone is 2. The Hall–Kier alpha value is -0.830. The van der Waals surface area contributed by atoms with Crippen molar-refractivity contribution in [3.8, 4) is 0 Å². The molecule has 5 aliphatic carbocycles. The van der Waals surface area contributed by atoms with Crippen molar-refractivity contribution in [3.05, 3.63) is 11.6 Å². The molecule has 0 bridgehead atoms. The van der Waals surface area contributed by atoms with Crippen LogP contribution in [0.4, 0.5) is 0 Å². The number of hydrogen-bond donors (Lipinski definition) is 2. The van der Waals surface area contributed by atoms with Crippen LogP contribution in [0.5, 0.6) is 0 Å². The van der Waals surface area contributed by atoms with E-state index in [1.807, 2.05) is 0 Å². The number of fused-ring (bicyclic) bond motifs is 7. The first-order valence-corrected chi connectivity index (χ1v) is 13.1. The van der Waals surface area contributed by atoms with E-state index < -0.39 is 11.4 Å². The molecule has 2 N–H and O–H groups in total. The SMILES string of the molecule is CC1CCC2(C(=O)O)CCC3C(=CCC4C3(C)CCC3C(C)(C)C(O)CCC34C)C2C1. The highest BCUT2D eigenvalue weighted by molar-refractivity contribution is 5.76. The first-order valence-electron chi connectivity index (χ1n) is 13.1. The molecule has 0 heterocycles. The average Bonchev–Trinajstić information content (AvgIpc) is 2.70. The van der Waals surface area contributed by atoms with E-state index in [-0.39, 0.29) is 28.3 Å². The minimum atomic E-state index is -0.533. The van der Waals surface area contributed by atoms with E-state index in [2.05, 4.69) is 40.7 Å². The third-order valence-corrected chi connectivity index (χ3v) is 12.0. The maximum absolute atomic E-state index is 12.5. The summed E-state index contributed by atoms with van der Waals surface area (Å²) in [5, 5.41) is 21.1. The van der Waals surface area contributed by atoms with Gasteiger partial charge in [-0.3, -0.25) is 4.79 Å². The third kappa shape index (κ3) is 2.77. The van der Waals surface area contributed by atoms with Crippen LogP contribution in [0.1, 0.15) is 98.8 Å². The first-order chi connectivity index (χ1) is 14.5. The number of aliphatic hydroxyl groups is 1. The number of carboxylic acids is 1. The summed E-state index contributed by atoms with van der Waals surface area (Å²) in [5.74, 6) is 2.14. The summed E-state index contributed by atoms with van der Waals surface area (Å²) >= 11 is 0. The molecule has 0 spiro atoms. The van der Waals surface area contributed by atoms with Crippen LogP contribution in [0.25, 0.3) is 0 Å². The van der Waals surface area contributed by atoms with Crippen LogP contribution >= 0.6 is 0 Å². The topological polar surface area (TPSA) is 57.5 Å². The van der Waals surface area contributed by atoms with Gasteiger partial charge < -0.3 is 10.2 Å². The van der Waals surface area contributed by atoms with Gasteiger partial charge in [-0.1, -0.05) is 46.3 Å². The lowest BCUT2D eigenvalue weighted by atomic mass is 9.37. The molecular weight excluding hydrogens is 384 g/mol. The molecule has 0 radical (unpaired) electrons. The van der Waals surface area contributed by atoms with Crippen LogP contribution in [-0.2, 0) is 4.79 Å². The fraction of sp³-hybridized carbons (Fsp3) is 0.893. The van der Waals surface area contributed by atoms with Crippen LogP contribution in [0.3, 0.4) is 0 Å². The van der Waals surface area contributed by atoms with Gasteiger partial charge in [-0.15, -0.1) is 0 Å². The lowest BCUT2D eigenvalue weighted by molar-refractivity contribution is -0.188. The molecule has 174 valence electrons. The molecule has 4 saturated carbocycles. The van der Waals surface area contributed by atoms with Gasteiger partial charge in [0.1, 0.15) is 0 Å². The number of rotatable bonds is 1. The molecule has 0 amide bonds. The summed E-state index contributed by atoms with van der Waals surface area (Å²) < 4.78 is 0. The minimum Gasteiger partial charge on any atom is -0.481 e. The van der Waals surface area contributed by atoms with Crippen LogP contribution < -0.4 is 0 Å². The van der Waals surface area contributed by atoms with Crippen molar-refractivity contribution < 1.29 is 15.0 Å². The summed E-state index contributed by atoms with van der Waals surface area (Å²) in [7, 11) is 0. The van der Waals surface area contributed by atoms with Gasteiger partial charge in [-0.05, 0) is 110 Å². The van der Waals surface area contributed by atoms with Gasteiger partial charge in [0.2, 0.25) is 0 Å². The van der Waals surface area contributed by atoms with Gasteiger partial charge in [-0.25, -0.2) is 0 Å². The first kappa shape index (κ1) is 22.0. The Balaban J connectivity index is 1.54. The average molecular weight is 429 g/mol. The molecule has 5 aliphatic rings. The van der Waals surface area contributed by atoms with Crippen molar-refractivity contribution in [2.24, 2.45) is 51.2 Å². The third-order valence-electron chi connectivity index (χ3n) is 12.0. The molecule has 0 aromatic carbocycles. The normalized spacial score (nSPS) is 53.3. The molecule has 3 nitrogen and oxygen atoms in total. The van der Waals surface area contributed by atoms with Gasteiger partial charge >= 0.3 is 5.97 Å². The van der Waals surface area contributed by atoms with E-state index in [0.29, 0.717) is 23.7 Å². The highest BCUT2D eigenvalue weighted by atomic mass is 16.4. The molecule has 0 aliphatic heterocycles. The van der Waals surface area contributed by atoms with Crippen LogP contribution in [0.2, 0.25) is 0 Å². The fourth-order valence-electron chi connectivity index (χ4n) is 10.1. The highest BCUT2D eigenvalue weighted by Gasteiger charge is 2.65. The van der Waals surface area contributed by atoms with E-state index in [4.69, 9.17) is 0 Å². The summed E-state index contributed by atoms with van der Waals surface area (Å²) in [6.45, 7) is 12.0. The predicted molar refractivity (Wildman–Crippen MR) is 123 cm³/mol. The zero-order chi connectivity index (χ0) is 22.4. The van der Waals surface area contributed by atoms with Crippen molar-refractivity contribution in [2.45, 2.75) is 105 Å². The maximum atomic E-state index is 12.5. The fourth-order valence-corrected chi connectivity index (χ4v) is 10.1. The Kier molecular flexibility index (Phi) is 4.85. The summed E-state index contributed by atoms with van der Waals surface area (Å²) in [6, 6.07) is 0. The quantitative estimate of drug-likeness (QED) is 0.472. The minimum absolute atomic E-state index is 0.0118. The lowest BCUT2D eigenvalue weighted by Crippen LogP contribution is -2.62. The second-order valence-corrected chi connectivity index (χ2v) is 13.5. The van der Waals surface area contributed by atoms with E-state index in [1.165, 1.54) is 18.4 Å². The van der Waals surface area contributed by atoms with Gasteiger partial charge in [0.25, 0.3) is 0 Å². The number of aliphatic carboxylic acids is 1. The van der Waals surface area contributed by atoms with Crippen molar-refractivity contribution in [1.82, 2.24) is 0 Å². The molecule has 0 aromatic rings. The summed E-state index contributed by atoms with van der Waals surface area (Å²) in [5.41, 5.74) is 1.58. The molecular formula is C28H44O3. The van der Waals surface area contributed by atoms with Crippen LogP contribution in [-0.4, -0.2) is 22.3 Å². The Morgan fingerprint density at radius 3 is 2.29 bits per heavy atom. The van der Waals surface area contributed by atoms with Crippen LogP contribution in [0.15, 0.2) is 11.6 Å². The molecule has 9 unspecified atom stereocenters. The largest absolute Gasteiger partial charge is 0.481 e. The van der Waals surface area contributed by atoms with E-state index in [9.17, 15) is 15.0 Å². The molecule has 4 fully saturated rings. The maximum Gasteiger partial charge on any atom is 0.310 e. The van der Waals surface area contributed by atoms with Crippen molar-refractivity contribution in [1.29, 1.82) is 0 Å². The number of aliphatic hydroxyl groups excluding tert-OH is 1. The Labute approximate surface area is 189 Å². The highest BCUT2D eigenvalue weighted by Crippen LogP contribution is 2.71. The number of carbonyl (C=O) groups is 1. The Bertz CT molecular complexity index is 798. The summed E-state index contributed by atoms with van der Waals surface area (Å²) in [4.78, 5) is 12.5. The molecule has 31 heavy (non-hydrogen) atoms. The second-order valence-electron chi connectivity index (χ2n) is 13.5. The molecule has 0 aromatic heterocycles. The van der Waals surface area contributed by atoms with Gasteiger partial charge in [0.15, 0.2) is 0 Å². The van der Waals surface area contributed by atoms with E-state index in [0.717, 1.165) is 51.4 Å². The van der Waals surface area contributed by atoms with Crippen LogP contribution in [0, 0.1) is 51.2 Å². The monoisotopic (exact) mass is 428 g/mol. The van der Waals surface area contributed by atoms with Crippen molar-refractivity contribution >= 4 is 5.97 Å². The van der Waals surface area contributed by atoms with E-state index in [1.54, 1.807) is 0 Å². The molecule has 5 rings (SSSR count).